The summed E-state index contributed by atoms with van der Waals surface area (Å²) in [5.41, 5.74) is 11.5. The highest BCUT2D eigenvalue weighted by Crippen LogP contribution is 2.21. The van der Waals surface area contributed by atoms with Crippen molar-refractivity contribution in [2.24, 2.45) is 5.73 Å². The Morgan fingerprint density at radius 3 is 2.41 bits per heavy atom. The van der Waals surface area contributed by atoms with Crippen LogP contribution in [-0.2, 0) is 6.42 Å². The van der Waals surface area contributed by atoms with E-state index in [1.807, 2.05) is 6.92 Å². The van der Waals surface area contributed by atoms with Crippen molar-refractivity contribution in [3.8, 4) is 11.3 Å². The first-order valence-electron chi connectivity index (χ1n) is 5.93. The summed E-state index contributed by atoms with van der Waals surface area (Å²) in [5, 5.41) is 7.39. The van der Waals surface area contributed by atoms with Crippen molar-refractivity contribution in [2.45, 2.75) is 33.2 Å². The Balaban J connectivity index is 2.30. The fourth-order valence-electron chi connectivity index (χ4n) is 2.08. The van der Waals surface area contributed by atoms with Crippen LogP contribution in [0, 0.1) is 13.8 Å². The predicted octanol–water partition coefficient (Wildman–Crippen LogP) is 2.58. The summed E-state index contributed by atoms with van der Waals surface area (Å²) in [7, 11) is 0. The van der Waals surface area contributed by atoms with Gasteiger partial charge in [-0.3, -0.25) is 5.10 Å². The molecular formula is C14H19N3. The molecule has 1 aromatic heterocycles. The van der Waals surface area contributed by atoms with Crippen LogP contribution in [0.25, 0.3) is 11.3 Å². The van der Waals surface area contributed by atoms with E-state index in [0.29, 0.717) is 0 Å². The predicted molar refractivity (Wildman–Crippen MR) is 70.9 cm³/mol. The molecule has 0 spiro atoms. The van der Waals surface area contributed by atoms with E-state index in [1.54, 1.807) is 0 Å². The molecule has 1 atom stereocenters. The van der Waals surface area contributed by atoms with Crippen molar-refractivity contribution >= 4 is 0 Å². The van der Waals surface area contributed by atoms with Gasteiger partial charge in [-0.15, -0.1) is 0 Å². The molecule has 0 aliphatic carbocycles. The molecule has 90 valence electrons. The standard InChI is InChI=1S/C14H19N3/c1-9-4-10(2)6-12(5-9)14-8-13(16-17-14)7-11(3)15/h4-6,8,11H,7,15H2,1-3H3,(H,16,17). The maximum absolute atomic E-state index is 5.77. The van der Waals surface area contributed by atoms with Gasteiger partial charge in [0.25, 0.3) is 0 Å². The molecule has 0 bridgehead atoms. The number of nitrogens with two attached hydrogens (primary N) is 1. The second kappa shape index (κ2) is 4.72. The first kappa shape index (κ1) is 11.9. The van der Waals surface area contributed by atoms with E-state index in [9.17, 15) is 0 Å². The fraction of sp³-hybridized carbons (Fsp3) is 0.357. The van der Waals surface area contributed by atoms with Crippen LogP contribution < -0.4 is 5.73 Å². The number of hydrogen-bond acceptors (Lipinski definition) is 2. The zero-order valence-corrected chi connectivity index (χ0v) is 10.6. The van der Waals surface area contributed by atoms with Crippen molar-refractivity contribution in [3.05, 3.63) is 41.1 Å². The Labute approximate surface area is 102 Å². The molecule has 3 N–H and O–H groups in total. The number of hydrogen-bond donors (Lipinski definition) is 2. The van der Waals surface area contributed by atoms with Crippen molar-refractivity contribution in [1.29, 1.82) is 0 Å². The molecule has 3 nitrogen and oxygen atoms in total. The Bertz CT molecular complexity index is 492. The lowest BCUT2D eigenvalue weighted by atomic mass is 10.0. The third-order valence-corrected chi connectivity index (χ3v) is 2.69. The molecule has 1 heterocycles. The highest BCUT2D eigenvalue weighted by molar-refractivity contribution is 5.61. The van der Waals surface area contributed by atoms with Crippen LogP contribution in [0.2, 0.25) is 0 Å². The minimum atomic E-state index is 0.155. The van der Waals surface area contributed by atoms with Crippen molar-refractivity contribution in [1.82, 2.24) is 10.2 Å². The lowest BCUT2D eigenvalue weighted by Gasteiger charge is -2.01. The van der Waals surface area contributed by atoms with Gasteiger partial charge in [0.05, 0.1) is 5.69 Å². The summed E-state index contributed by atoms with van der Waals surface area (Å²) in [6, 6.07) is 8.70. The van der Waals surface area contributed by atoms with Crippen LogP contribution in [0.1, 0.15) is 23.7 Å². The Hall–Kier alpha value is -1.61. The van der Waals surface area contributed by atoms with Gasteiger partial charge in [-0.05, 0) is 39.0 Å². The Morgan fingerprint density at radius 2 is 1.82 bits per heavy atom. The normalized spacial score (nSPS) is 12.7. The number of nitrogens with one attached hydrogen (secondary N) is 1. The van der Waals surface area contributed by atoms with Crippen LogP contribution in [0.4, 0.5) is 0 Å². The van der Waals surface area contributed by atoms with Crippen molar-refractivity contribution < 1.29 is 0 Å². The average Bonchev–Trinajstić information content (AvgIpc) is 2.63. The van der Waals surface area contributed by atoms with Crippen LogP contribution in [-0.4, -0.2) is 16.2 Å². The molecule has 0 saturated heterocycles. The second-order valence-corrected chi connectivity index (χ2v) is 4.84. The van der Waals surface area contributed by atoms with Crippen LogP contribution in [0.3, 0.4) is 0 Å². The summed E-state index contributed by atoms with van der Waals surface area (Å²) in [6.45, 7) is 6.20. The first-order valence-corrected chi connectivity index (χ1v) is 5.93. The lowest BCUT2D eigenvalue weighted by molar-refractivity contribution is 0.719. The van der Waals surface area contributed by atoms with Crippen molar-refractivity contribution in [3.63, 3.8) is 0 Å². The van der Waals surface area contributed by atoms with Gasteiger partial charge in [-0.2, -0.15) is 5.10 Å². The van der Waals surface area contributed by atoms with Crippen LogP contribution >= 0.6 is 0 Å². The largest absolute Gasteiger partial charge is 0.328 e. The number of benzene rings is 1. The van der Waals surface area contributed by atoms with Crippen LogP contribution in [0.5, 0.6) is 0 Å². The molecule has 0 fully saturated rings. The first-order chi connectivity index (χ1) is 8.04. The number of aromatic nitrogens is 2. The number of rotatable bonds is 3. The van der Waals surface area contributed by atoms with E-state index in [-0.39, 0.29) is 6.04 Å². The summed E-state index contributed by atoms with van der Waals surface area (Å²) in [6.07, 6.45) is 0.831. The summed E-state index contributed by atoms with van der Waals surface area (Å²) < 4.78 is 0. The van der Waals surface area contributed by atoms with E-state index in [4.69, 9.17) is 5.73 Å². The molecule has 2 rings (SSSR count). The maximum Gasteiger partial charge on any atom is 0.0923 e. The van der Waals surface area contributed by atoms with Gasteiger partial charge in [-0.25, -0.2) is 0 Å². The minimum absolute atomic E-state index is 0.155. The molecule has 0 aliphatic heterocycles. The molecule has 0 amide bonds. The van der Waals surface area contributed by atoms with Gasteiger partial charge >= 0.3 is 0 Å². The van der Waals surface area contributed by atoms with E-state index < -0.39 is 0 Å². The molecule has 0 radical (unpaired) electrons. The van der Waals surface area contributed by atoms with E-state index in [2.05, 4.69) is 48.3 Å². The summed E-state index contributed by atoms with van der Waals surface area (Å²) in [4.78, 5) is 0. The molecule has 0 saturated carbocycles. The maximum atomic E-state index is 5.77. The lowest BCUT2D eigenvalue weighted by Crippen LogP contribution is -2.17. The monoisotopic (exact) mass is 229 g/mol. The molecule has 2 aromatic rings. The minimum Gasteiger partial charge on any atom is -0.328 e. The molecule has 3 heteroatoms. The highest BCUT2D eigenvalue weighted by Gasteiger charge is 2.06. The van der Waals surface area contributed by atoms with Crippen molar-refractivity contribution in [2.75, 3.05) is 0 Å². The quantitative estimate of drug-likeness (QED) is 0.850. The third-order valence-electron chi connectivity index (χ3n) is 2.69. The molecule has 1 unspecified atom stereocenters. The van der Waals surface area contributed by atoms with Gasteiger partial charge < -0.3 is 5.73 Å². The van der Waals surface area contributed by atoms with E-state index in [1.165, 1.54) is 11.1 Å². The fourth-order valence-corrected chi connectivity index (χ4v) is 2.08. The molecular weight excluding hydrogens is 210 g/mol. The number of nitrogens with zero attached hydrogens (tertiary/aromatic N) is 1. The van der Waals surface area contributed by atoms with Gasteiger partial charge in [0.2, 0.25) is 0 Å². The smallest absolute Gasteiger partial charge is 0.0923 e. The number of H-pyrrole nitrogens is 1. The Kier molecular flexibility index (Phi) is 3.29. The summed E-state index contributed by atoms with van der Waals surface area (Å²) >= 11 is 0. The molecule has 0 aliphatic rings. The van der Waals surface area contributed by atoms with Gasteiger partial charge in [0, 0.05) is 23.7 Å². The SMILES string of the molecule is Cc1cc(C)cc(-c2cc(CC(C)N)[nH]n2)c1. The number of aryl methyl sites for hydroxylation is 2. The number of aromatic amines is 1. The van der Waals surface area contributed by atoms with Crippen LogP contribution in [0.15, 0.2) is 24.3 Å². The molecule has 17 heavy (non-hydrogen) atoms. The van der Waals surface area contributed by atoms with E-state index >= 15 is 0 Å². The Morgan fingerprint density at radius 1 is 1.18 bits per heavy atom. The van der Waals surface area contributed by atoms with Gasteiger partial charge in [0.1, 0.15) is 0 Å². The zero-order valence-electron chi connectivity index (χ0n) is 10.6. The summed E-state index contributed by atoms with van der Waals surface area (Å²) in [5.74, 6) is 0. The third kappa shape index (κ3) is 2.94. The van der Waals surface area contributed by atoms with E-state index in [0.717, 1.165) is 23.4 Å². The molecule has 1 aromatic carbocycles. The van der Waals surface area contributed by atoms with Gasteiger partial charge in [0.15, 0.2) is 0 Å². The highest BCUT2D eigenvalue weighted by atomic mass is 15.1. The topological polar surface area (TPSA) is 54.7 Å². The second-order valence-electron chi connectivity index (χ2n) is 4.84. The van der Waals surface area contributed by atoms with Gasteiger partial charge in [-0.1, -0.05) is 17.2 Å². The zero-order chi connectivity index (χ0) is 12.4. The average molecular weight is 229 g/mol.